The van der Waals surface area contributed by atoms with Gasteiger partial charge in [-0.15, -0.1) is 0 Å². The molecule has 2 aromatic rings. The smallest absolute Gasteiger partial charge is 0.278 e. The van der Waals surface area contributed by atoms with Crippen molar-refractivity contribution < 1.29 is 18.7 Å². The van der Waals surface area contributed by atoms with Gasteiger partial charge in [-0.3, -0.25) is 14.5 Å². The number of nitrogens with zero attached hydrogens (tertiary/aromatic N) is 2. The number of halogens is 1. The molecule has 0 radical (unpaired) electrons. The van der Waals surface area contributed by atoms with Crippen LogP contribution < -0.4 is 10.2 Å². The van der Waals surface area contributed by atoms with Gasteiger partial charge in [0.2, 0.25) is 0 Å². The second kappa shape index (κ2) is 9.09. The summed E-state index contributed by atoms with van der Waals surface area (Å²) < 4.78 is 18.9. The molecule has 6 nitrogen and oxygen atoms in total. The molecule has 1 heterocycles. The zero-order chi connectivity index (χ0) is 21.8. The average molecular weight is 411 g/mol. The number of hydrogen-bond acceptors (Lipinski definition) is 5. The van der Waals surface area contributed by atoms with Crippen LogP contribution in [-0.4, -0.2) is 50.1 Å². The van der Waals surface area contributed by atoms with E-state index in [-0.39, 0.29) is 30.5 Å². The lowest BCUT2D eigenvalue weighted by Gasteiger charge is -2.16. The maximum Gasteiger partial charge on any atom is 0.278 e. The molecule has 2 amide bonds. The van der Waals surface area contributed by atoms with Crippen molar-refractivity contribution in [1.29, 1.82) is 0 Å². The summed E-state index contributed by atoms with van der Waals surface area (Å²) in [5.41, 5.74) is 2.57. The van der Waals surface area contributed by atoms with Gasteiger partial charge in [0.25, 0.3) is 11.8 Å². The summed E-state index contributed by atoms with van der Waals surface area (Å²) in [6.45, 7) is 4.17. The lowest BCUT2D eigenvalue weighted by molar-refractivity contribution is -0.137. The summed E-state index contributed by atoms with van der Waals surface area (Å²) in [7, 11) is 3.88. The van der Waals surface area contributed by atoms with Gasteiger partial charge in [-0.1, -0.05) is 12.1 Å². The third-order valence-electron chi connectivity index (χ3n) is 4.72. The summed E-state index contributed by atoms with van der Waals surface area (Å²) in [5, 5.41) is 3.09. The normalized spacial score (nSPS) is 14.1. The van der Waals surface area contributed by atoms with Crippen LogP contribution in [0.2, 0.25) is 0 Å². The summed E-state index contributed by atoms with van der Waals surface area (Å²) in [4.78, 5) is 29.3. The van der Waals surface area contributed by atoms with Gasteiger partial charge in [0.15, 0.2) is 0 Å². The Balaban J connectivity index is 1.93. The fourth-order valence-corrected chi connectivity index (χ4v) is 3.15. The first-order chi connectivity index (χ1) is 14.3. The Morgan fingerprint density at radius 2 is 1.63 bits per heavy atom. The van der Waals surface area contributed by atoms with E-state index in [0.29, 0.717) is 11.3 Å². The van der Waals surface area contributed by atoms with E-state index in [9.17, 15) is 14.0 Å². The zero-order valence-electron chi connectivity index (χ0n) is 17.6. The van der Waals surface area contributed by atoms with Gasteiger partial charge >= 0.3 is 0 Å². The third kappa shape index (κ3) is 4.68. The average Bonchev–Trinajstić information content (AvgIpc) is 2.93. The van der Waals surface area contributed by atoms with Gasteiger partial charge in [-0.05, 0) is 55.8 Å². The Bertz CT molecular complexity index is 951. The molecule has 0 saturated heterocycles. The van der Waals surface area contributed by atoms with E-state index in [0.717, 1.165) is 10.6 Å². The summed E-state index contributed by atoms with van der Waals surface area (Å²) in [6, 6.07) is 13.1. The van der Waals surface area contributed by atoms with E-state index >= 15 is 0 Å². The Kier molecular flexibility index (Phi) is 6.52. The van der Waals surface area contributed by atoms with E-state index < -0.39 is 17.6 Å². The van der Waals surface area contributed by atoms with Crippen LogP contribution in [0.3, 0.4) is 0 Å². The van der Waals surface area contributed by atoms with Crippen molar-refractivity contribution in [2.24, 2.45) is 0 Å². The zero-order valence-corrected chi connectivity index (χ0v) is 17.6. The number of benzene rings is 2. The molecule has 1 aliphatic rings. The second-order valence-corrected chi connectivity index (χ2v) is 7.50. The third-order valence-corrected chi connectivity index (χ3v) is 4.72. The highest BCUT2D eigenvalue weighted by molar-refractivity contribution is 6.36. The van der Waals surface area contributed by atoms with Crippen LogP contribution in [0.25, 0.3) is 5.57 Å². The summed E-state index contributed by atoms with van der Waals surface area (Å²) >= 11 is 0. The van der Waals surface area contributed by atoms with Gasteiger partial charge in [-0.25, -0.2) is 4.39 Å². The molecule has 0 fully saturated rings. The van der Waals surface area contributed by atoms with Crippen molar-refractivity contribution in [3.63, 3.8) is 0 Å². The van der Waals surface area contributed by atoms with Crippen LogP contribution in [0, 0.1) is 5.82 Å². The van der Waals surface area contributed by atoms with E-state index in [1.807, 2.05) is 57.1 Å². The Morgan fingerprint density at radius 1 is 1.00 bits per heavy atom. The molecule has 30 heavy (non-hydrogen) atoms. The number of amides is 2. The molecule has 7 heteroatoms. The van der Waals surface area contributed by atoms with Crippen LogP contribution in [0.5, 0.6) is 0 Å². The van der Waals surface area contributed by atoms with Gasteiger partial charge in [0.1, 0.15) is 11.5 Å². The molecule has 3 rings (SSSR count). The Hall–Kier alpha value is -3.19. The first kappa shape index (κ1) is 21.5. The van der Waals surface area contributed by atoms with Gasteiger partial charge < -0.3 is 15.0 Å². The van der Waals surface area contributed by atoms with Crippen molar-refractivity contribution in [3.05, 3.63) is 65.6 Å². The number of anilines is 2. The molecule has 0 spiro atoms. The van der Waals surface area contributed by atoms with Crippen molar-refractivity contribution in [3.8, 4) is 0 Å². The molecule has 1 N–H and O–H groups in total. The molecule has 0 aromatic heterocycles. The first-order valence-corrected chi connectivity index (χ1v) is 9.80. The highest BCUT2D eigenvalue weighted by Crippen LogP contribution is 2.31. The SMILES string of the molecule is CC(C)OCCN1C(=O)C(Nc2ccc(N(C)C)cc2)=C(c2ccc(F)cc2)C1=O. The molecule has 158 valence electrons. The minimum absolute atomic E-state index is 0.00450. The number of carbonyl (C=O) groups is 2. The lowest BCUT2D eigenvalue weighted by atomic mass is 10.0. The Labute approximate surface area is 175 Å². The summed E-state index contributed by atoms with van der Waals surface area (Å²) in [5.74, 6) is -1.26. The van der Waals surface area contributed by atoms with Crippen LogP contribution in [0.15, 0.2) is 54.2 Å². The van der Waals surface area contributed by atoms with E-state index in [4.69, 9.17) is 4.74 Å². The van der Waals surface area contributed by atoms with Gasteiger partial charge in [-0.2, -0.15) is 0 Å². The van der Waals surface area contributed by atoms with Crippen LogP contribution in [0.4, 0.5) is 15.8 Å². The molecule has 0 aliphatic carbocycles. The molecule has 0 atom stereocenters. The quantitative estimate of drug-likeness (QED) is 0.674. The lowest BCUT2D eigenvalue weighted by Crippen LogP contribution is -2.35. The molecule has 0 bridgehead atoms. The Morgan fingerprint density at radius 3 is 2.20 bits per heavy atom. The number of imide groups is 1. The fourth-order valence-electron chi connectivity index (χ4n) is 3.15. The first-order valence-electron chi connectivity index (χ1n) is 9.80. The number of ether oxygens (including phenoxy) is 1. The molecule has 1 aliphatic heterocycles. The minimum Gasteiger partial charge on any atom is -0.378 e. The van der Waals surface area contributed by atoms with Crippen molar-refractivity contribution in [2.75, 3.05) is 37.5 Å². The number of nitrogens with one attached hydrogen (secondary N) is 1. The highest BCUT2D eigenvalue weighted by Gasteiger charge is 2.39. The van der Waals surface area contributed by atoms with Crippen molar-refractivity contribution >= 4 is 28.8 Å². The number of hydrogen-bond donors (Lipinski definition) is 1. The molecule has 0 unspecified atom stereocenters. The standard InChI is InChI=1S/C23H26FN3O3/c1-15(2)30-14-13-27-22(28)20(16-5-7-17(24)8-6-16)21(23(27)29)25-18-9-11-19(12-10-18)26(3)4/h5-12,15,25H,13-14H2,1-4H3. The van der Waals surface area contributed by atoms with Crippen LogP contribution in [0.1, 0.15) is 19.4 Å². The van der Waals surface area contributed by atoms with E-state index in [1.165, 1.54) is 24.3 Å². The monoisotopic (exact) mass is 411 g/mol. The van der Waals surface area contributed by atoms with E-state index in [1.54, 1.807) is 0 Å². The largest absolute Gasteiger partial charge is 0.378 e. The molecule has 0 saturated carbocycles. The molecular weight excluding hydrogens is 385 g/mol. The second-order valence-electron chi connectivity index (χ2n) is 7.50. The minimum atomic E-state index is -0.427. The summed E-state index contributed by atoms with van der Waals surface area (Å²) in [6.07, 6.45) is -0.00450. The predicted octanol–water partition coefficient (Wildman–Crippen LogP) is 3.51. The van der Waals surface area contributed by atoms with Crippen molar-refractivity contribution in [2.45, 2.75) is 20.0 Å². The van der Waals surface area contributed by atoms with Crippen molar-refractivity contribution in [1.82, 2.24) is 4.90 Å². The van der Waals surface area contributed by atoms with Crippen LogP contribution >= 0.6 is 0 Å². The van der Waals surface area contributed by atoms with Crippen LogP contribution in [-0.2, 0) is 14.3 Å². The number of rotatable bonds is 8. The maximum absolute atomic E-state index is 13.4. The highest BCUT2D eigenvalue weighted by atomic mass is 19.1. The molecule has 2 aromatic carbocycles. The number of carbonyl (C=O) groups excluding carboxylic acids is 2. The van der Waals surface area contributed by atoms with Gasteiger partial charge in [0.05, 0.1) is 24.8 Å². The fraction of sp³-hybridized carbons (Fsp3) is 0.304. The predicted molar refractivity (Wildman–Crippen MR) is 116 cm³/mol. The van der Waals surface area contributed by atoms with Gasteiger partial charge in [0, 0.05) is 25.5 Å². The van der Waals surface area contributed by atoms with E-state index in [2.05, 4.69) is 5.32 Å². The topological polar surface area (TPSA) is 61.9 Å². The molecular formula is C23H26FN3O3. The maximum atomic E-state index is 13.4.